The first-order chi connectivity index (χ1) is 24.8. The Bertz CT molecular complexity index is 2620. The first-order valence-electron chi connectivity index (χ1n) is 17.5. The van der Waals surface area contributed by atoms with Crippen LogP contribution in [0.1, 0.15) is 35.2 Å². The zero-order chi connectivity index (χ0) is 33.0. The molecule has 1 heterocycles. The zero-order valence-electron chi connectivity index (χ0n) is 27.5. The van der Waals surface area contributed by atoms with Crippen LogP contribution in [0.25, 0.3) is 65.0 Å². The fourth-order valence-corrected chi connectivity index (χ4v) is 8.33. The summed E-state index contributed by atoms with van der Waals surface area (Å²) in [5.41, 5.74) is 6.13. The lowest BCUT2D eigenvalue weighted by Crippen LogP contribution is -2.54. The summed E-state index contributed by atoms with van der Waals surface area (Å²) in [6.07, 6.45) is -0.310. The van der Waals surface area contributed by atoms with Gasteiger partial charge in [-0.15, -0.1) is 0 Å². The molecule has 9 aromatic rings. The van der Waals surface area contributed by atoms with Crippen LogP contribution in [0.3, 0.4) is 0 Å². The van der Waals surface area contributed by atoms with E-state index in [-0.39, 0.29) is 18.5 Å². The maximum absolute atomic E-state index is 4.02. The van der Waals surface area contributed by atoms with Crippen LogP contribution < -0.4 is 16.0 Å². The Balaban J connectivity index is 1.27. The Hall–Kier alpha value is -5.84. The van der Waals surface area contributed by atoms with Gasteiger partial charge in [-0.3, -0.25) is 16.0 Å². The predicted octanol–water partition coefficient (Wildman–Crippen LogP) is 11.3. The quantitative estimate of drug-likeness (QED) is 0.167. The van der Waals surface area contributed by atoms with Gasteiger partial charge in [0.2, 0.25) is 0 Å². The summed E-state index contributed by atoms with van der Waals surface area (Å²) < 4.78 is 0. The Morgan fingerprint density at radius 3 is 1.16 bits per heavy atom. The molecule has 0 amide bonds. The van der Waals surface area contributed by atoms with E-state index in [1.165, 1.54) is 81.7 Å². The van der Waals surface area contributed by atoms with E-state index >= 15 is 0 Å². The molecule has 50 heavy (non-hydrogen) atoms. The van der Waals surface area contributed by atoms with Gasteiger partial charge < -0.3 is 0 Å². The molecule has 0 saturated carbocycles. The molecule has 3 nitrogen and oxygen atoms in total. The van der Waals surface area contributed by atoms with Crippen molar-refractivity contribution in [2.75, 3.05) is 0 Å². The third-order valence-electron chi connectivity index (χ3n) is 10.6. The van der Waals surface area contributed by atoms with Crippen LogP contribution in [-0.4, -0.2) is 0 Å². The average Bonchev–Trinajstić information content (AvgIpc) is 3.21. The molecule has 0 bridgehead atoms. The number of fused-ring (bicyclic) bond motifs is 9. The summed E-state index contributed by atoms with van der Waals surface area (Å²) in [5.74, 6) is 0. The second-order valence-corrected chi connectivity index (χ2v) is 13.4. The van der Waals surface area contributed by atoms with Crippen molar-refractivity contribution in [1.29, 1.82) is 0 Å². The average molecular weight is 642 g/mol. The number of hydrogen-bond donors (Lipinski definition) is 3. The maximum atomic E-state index is 4.02. The lowest BCUT2D eigenvalue weighted by Gasteiger charge is -2.41. The lowest BCUT2D eigenvalue weighted by molar-refractivity contribution is 0.204. The van der Waals surface area contributed by atoms with Crippen LogP contribution >= 0.6 is 0 Å². The van der Waals surface area contributed by atoms with Crippen LogP contribution in [0.5, 0.6) is 0 Å². The molecule has 0 radical (unpaired) electrons. The summed E-state index contributed by atoms with van der Waals surface area (Å²) in [7, 11) is 0. The third kappa shape index (κ3) is 4.71. The monoisotopic (exact) mass is 641 g/mol. The number of benzene rings is 9. The largest absolute Gasteiger partial charge is 0.279 e. The highest BCUT2D eigenvalue weighted by atomic mass is 15.4. The molecule has 3 heteroatoms. The number of nitrogens with one attached hydrogen (secondary N) is 3. The Kier molecular flexibility index (Phi) is 6.95. The molecule has 3 N–H and O–H groups in total. The molecule has 2 atom stereocenters. The molecule has 1 aliphatic rings. The van der Waals surface area contributed by atoms with Crippen molar-refractivity contribution in [2.45, 2.75) is 18.5 Å². The standard InChI is InChI=1S/C47H35N3/c1-3-15-30(16-4-1)45-48-46(31-17-5-2-6-18-31)50-47(49-45)44-41-26-14-12-23-37(41)36-22-11-13-25-40(36)43(44)32-27-28-39-35-21-8-7-19-33(35)34-20-9-10-24-38(34)42(39)29-32/h1-29,45-50H. The van der Waals surface area contributed by atoms with Crippen molar-refractivity contribution in [3.8, 4) is 11.1 Å². The highest BCUT2D eigenvalue weighted by molar-refractivity contribution is 6.26. The Labute approximate surface area is 291 Å². The van der Waals surface area contributed by atoms with Gasteiger partial charge in [-0.05, 0) is 87.7 Å². The molecule has 0 aliphatic carbocycles. The van der Waals surface area contributed by atoms with Crippen molar-refractivity contribution >= 4 is 53.9 Å². The summed E-state index contributed by atoms with van der Waals surface area (Å²) in [4.78, 5) is 0. The van der Waals surface area contributed by atoms with Crippen molar-refractivity contribution < 1.29 is 0 Å². The molecule has 238 valence electrons. The van der Waals surface area contributed by atoms with Crippen LogP contribution in [-0.2, 0) is 0 Å². The molecular formula is C47H35N3. The van der Waals surface area contributed by atoms with Gasteiger partial charge in [0.15, 0.2) is 0 Å². The van der Waals surface area contributed by atoms with E-state index < -0.39 is 0 Å². The van der Waals surface area contributed by atoms with E-state index in [9.17, 15) is 0 Å². The van der Waals surface area contributed by atoms with E-state index in [2.05, 4.69) is 192 Å². The minimum atomic E-state index is -0.166. The molecule has 1 saturated heterocycles. The van der Waals surface area contributed by atoms with Crippen LogP contribution in [0, 0.1) is 0 Å². The fraction of sp³-hybridized carbons (Fsp3) is 0.0638. The van der Waals surface area contributed by atoms with Crippen molar-refractivity contribution in [1.82, 2.24) is 16.0 Å². The van der Waals surface area contributed by atoms with Gasteiger partial charge in [0.05, 0.1) is 18.5 Å². The molecule has 10 rings (SSSR count). The third-order valence-corrected chi connectivity index (χ3v) is 10.6. The van der Waals surface area contributed by atoms with Crippen LogP contribution in [0.2, 0.25) is 0 Å². The minimum Gasteiger partial charge on any atom is -0.279 e. The zero-order valence-corrected chi connectivity index (χ0v) is 27.5. The molecule has 1 fully saturated rings. The van der Waals surface area contributed by atoms with Gasteiger partial charge in [-0.1, -0.05) is 170 Å². The van der Waals surface area contributed by atoms with Crippen molar-refractivity contribution in [3.05, 3.63) is 193 Å². The smallest absolute Gasteiger partial charge is 0.0876 e. The van der Waals surface area contributed by atoms with Crippen LogP contribution in [0.4, 0.5) is 0 Å². The van der Waals surface area contributed by atoms with Gasteiger partial charge >= 0.3 is 0 Å². The Morgan fingerprint density at radius 2 is 0.640 bits per heavy atom. The van der Waals surface area contributed by atoms with Crippen LogP contribution in [0.15, 0.2) is 176 Å². The second-order valence-electron chi connectivity index (χ2n) is 13.4. The molecule has 1 aliphatic heterocycles. The number of hydrogen-bond acceptors (Lipinski definition) is 3. The van der Waals surface area contributed by atoms with Crippen molar-refractivity contribution in [2.24, 2.45) is 0 Å². The minimum absolute atomic E-state index is 0.0716. The molecule has 2 unspecified atom stereocenters. The highest BCUT2D eigenvalue weighted by Crippen LogP contribution is 2.45. The van der Waals surface area contributed by atoms with Gasteiger partial charge in [0, 0.05) is 0 Å². The fourth-order valence-electron chi connectivity index (χ4n) is 8.33. The normalized spacial score (nSPS) is 18.0. The number of rotatable bonds is 4. The lowest BCUT2D eigenvalue weighted by atomic mass is 9.84. The summed E-state index contributed by atoms with van der Waals surface area (Å²) in [6.45, 7) is 0. The second kappa shape index (κ2) is 11.9. The predicted molar refractivity (Wildman–Crippen MR) is 210 cm³/mol. The Morgan fingerprint density at radius 1 is 0.280 bits per heavy atom. The molecule has 0 aromatic heterocycles. The van der Waals surface area contributed by atoms with E-state index in [0.29, 0.717) is 0 Å². The summed E-state index contributed by atoms with van der Waals surface area (Å²) in [6, 6.07) is 64.1. The highest BCUT2D eigenvalue weighted by Gasteiger charge is 2.33. The van der Waals surface area contributed by atoms with E-state index in [4.69, 9.17) is 0 Å². The van der Waals surface area contributed by atoms with E-state index in [0.717, 1.165) is 0 Å². The first-order valence-corrected chi connectivity index (χ1v) is 17.5. The van der Waals surface area contributed by atoms with Gasteiger partial charge in [0.1, 0.15) is 0 Å². The van der Waals surface area contributed by atoms with Crippen molar-refractivity contribution in [3.63, 3.8) is 0 Å². The SMILES string of the molecule is c1ccc(C2NC(c3ccccc3)NC(c3c(-c4ccc5c6ccccc6c6ccccc6c5c4)c4ccccc4c4ccccc34)N2)cc1. The molecular weight excluding hydrogens is 607 g/mol. The van der Waals surface area contributed by atoms with Gasteiger partial charge in [0.25, 0.3) is 0 Å². The maximum Gasteiger partial charge on any atom is 0.0876 e. The molecule has 9 aromatic carbocycles. The molecule has 0 spiro atoms. The van der Waals surface area contributed by atoms with E-state index in [1.807, 2.05) is 0 Å². The topological polar surface area (TPSA) is 36.1 Å². The summed E-state index contributed by atoms with van der Waals surface area (Å²) in [5, 5.41) is 24.6. The first kappa shape index (κ1) is 29.1. The van der Waals surface area contributed by atoms with Gasteiger partial charge in [-0.25, -0.2) is 0 Å². The summed E-state index contributed by atoms with van der Waals surface area (Å²) >= 11 is 0. The van der Waals surface area contributed by atoms with E-state index in [1.54, 1.807) is 0 Å². The van der Waals surface area contributed by atoms with Gasteiger partial charge in [-0.2, -0.15) is 0 Å².